The highest BCUT2D eigenvalue weighted by molar-refractivity contribution is 9.09. The van der Waals surface area contributed by atoms with E-state index in [9.17, 15) is 0 Å². The van der Waals surface area contributed by atoms with Crippen LogP contribution in [0.4, 0.5) is 5.69 Å². The zero-order chi connectivity index (χ0) is 10.6. The van der Waals surface area contributed by atoms with Crippen molar-refractivity contribution in [2.45, 2.75) is 25.1 Å². The van der Waals surface area contributed by atoms with E-state index >= 15 is 0 Å². The molecule has 0 aliphatic heterocycles. The molecular weight excluding hydrogens is 240 g/mol. The van der Waals surface area contributed by atoms with Crippen LogP contribution in [0.5, 0.6) is 0 Å². The average molecular weight is 257 g/mol. The fourth-order valence-electron chi connectivity index (χ4n) is 1.27. The topological polar surface area (TPSA) is 16.1 Å². The second-order valence-corrected chi connectivity index (χ2v) is 5.21. The van der Waals surface area contributed by atoms with E-state index in [1.807, 2.05) is 19.2 Å². The maximum atomic E-state index is 4.18. The zero-order valence-corrected chi connectivity index (χ0v) is 10.6. The van der Waals surface area contributed by atoms with E-state index in [2.05, 4.69) is 45.9 Å². The minimum Gasteiger partial charge on any atom is -0.374 e. The molecule has 1 rings (SSSR count). The Morgan fingerprint density at radius 2 is 2.29 bits per heavy atom. The van der Waals surface area contributed by atoms with Gasteiger partial charge in [0.05, 0.1) is 0 Å². The molecule has 0 aliphatic carbocycles. The van der Waals surface area contributed by atoms with E-state index in [0.29, 0.717) is 4.83 Å². The largest absolute Gasteiger partial charge is 0.374 e. The number of hydrogen-bond donors (Lipinski definition) is 0. The summed E-state index contributed by atoms with van der Waals surface area (Å²) in [6.07, 6.45) is 3.01. The number of rotatable bonds is 4. The van der Waals surface area contributed by atoms with Crippen molar-refractivity contribution in [3.05, 3.63) is 24.0 Å². The van der Waals surface area contributed by atoms with Gasteiger partial charge in [0.2, 0.25) is 0 Å². The molecule has 1 atom stereocenters. The molecule has 0 amide bonds. The van der Waals surface area contributed by atoms with Gasteiger partial charge in [-0.05, 0) is 25.5 Å². The molecule has 0 saturated heterocycles. The summed E-state index contributed by atoms with van der Waals surface area (Å²) in [6, 6.07) is 4.16. The molecule has 1 heterocycles. The van der Waals surface area contributed by atoms with Crippen LogP contribution in [0.15, 0.2) is 18.3 Å². The maximum absolute atomic E-state index is 4.18. The molecule has 0 radical (unpaired) electrons. The third-order valence-corrected chi connectivity index (χ3v) is 2.64. The van der Waals surface area contributed by atoms with Gasteiger partial charge in [-0.15, -0.1) is 0 Å². The summed E-state index contributed by atoms with van der Waals surface area (Å²) in [4.78, 5) is 7.01. The van der Waals surface area contributed by atoms with Gasteiger partial charge in [-0.2, -0.15) is 0 Å². The van der Waals surface area contributed by atoms with Crippen LogP contribution in [0, 0.1) is 6.92 Å². The molecule has 3 heteroatoms. The van der Waals surface area contributed by atoms with Crippen LogP contribution in [0.1, 0.15) is 19.0 Å². The summed E-state index contributed by atoms with van der Waals surface area (Å²) in [6.45, 7) is 5.26. The van der Waals surface area contributed by atoms with Gasteiger partial charge >= 0.3 is 0 Å². The van der Waals surface area contributed by atoms with E-state index in [1.54, 1.807) is 0 Å². The standard InChI is InChI=1S/C11H17BrN2/c1-9(12)5-7-14(3)11-4-6-13-10(2)8-11/h4,6,8-9H,5,7H2,1-3H3. The molecule has 0 fully saturated rings. The number of aromatic nitrogens is 1. The first-order valence-corrected chi connectivity index (χ1v) is 5.79. The van der Waals surface area contributed by atoms with Crippen molar-refractivity contribution in [2.24, 2.45) is 0 Å². The fraction of sp³-hybridized carbons (Fsp3) is 0.545. The van der Waals surface area contributed by atoms with Crippen LogP contribution in [0.3, 0.4) is 0 Å². The van der Waals surface area contributed by atoms with Crippen LogP contribution in [-0.4, -0.2) is 23.4 Å². The quantitative estimate of drug-likeness (QED) is 0.771. The summed E-state index contributed by atoms with van der Waals surface area (Å²) in [7, 11) is 2.12. The zero-order valence-electron chi connectivity index (χ0n) is 9.00. The minimum absolute atomic E-state index is 0.577. The third-order valence-electron chi connectivity index (χ3n) is 2.18. The van der Waals surface area contributed by atoms with Crippen LogP contribution in [0.25, 0.3) is 0 Å². The van der Waals surface area contributed by atoms with E-state index < -0.39 is 0 Å². The second-order valence-electron chi connectivity index (χ2n) is 3.65. The summed E-state index contributed by atoms with van der Waals surface area (Å²) >= 11 is 3.55. The number of nitrogens with zero attached hydrogens (tertiary/aromatic N) is 2. The highest BCUT2D eigenvalue weighted by atomic mass is 79.9. The predicted octanol–water partition coefficient (Wildman–Crippen LogP) is 3.00. The Balaban J connectivity index is 2.56. The lowest BCUT2D eigenvalue weighted by molar-refractivity contribution is 0.786. The van der Waals surface area contributed by atoms with Crippen molar-refractivity contribution < 1.29 is 0 Å². The molecule has 14 heavy (non-hydrogen) atoms. The van der Waals surface area contributed by atoms with Gasteiger partial charge in [0, 0.05) is 36.0 Å². The number of halogens is 1. The summed E-state index contributed by atoms with van der Waals surface area (Å²) < 4.78 is 0. The number of pyridine rings is 1. The minimum atomic E-state index is 0.577. The van der Waals surface area contributed by atoms with Gasteiger partial charge in [-0.25, -0.2) is 0 Å². The smallest absolute Gasteiger partial charge is 0.0397 e. The number of aryl methyl sites for hydroxylation is 1. The van der Waals surface area contributed by atoms with Crippen molar-refractivity contribution in [3.8, 4) is 0 Å². The summed E-state index contributed by atoms with van der Waals surface area (Å²) in [5.41, 5.74) is 2.31. The van der Waals surface area contributed by atoms with Crippen LogP contribution < -0.4 is 4.90 Å². The molecule has 78 valence electrons. The van der Waals surface area contributed by atoms with Gasteiger partial charge in [-0.1, -0.05) is 22.9 Å². The first-order chi connectivity index (χ1) is 6.59. The van der Waals surface area contributed by atoms with E-state index in [0.717, 1.165) is 18.7 Å². The van der Waals surface area contributed by atoms with Gasteiger partial charge < -0.3 is 4.90 Å². The fourth-order valence-corrected chi connectivity index (χ4v) is 1.47. The van der Waals surface area contributed by atoms with Crippen LogP contribution >= 0.6 is 15.9 Å². The van der Waals surface area contributed by atoms with E-state index in [4.69, 9.17) is 0 Å². The molecule has 0 N–H and O–H groups in total. The molecule has 2 nitrogen and oxygen atoms in total. The Kier molecular flexibility index (Phi) is 4.39. The maximum Gasteiger partial charge on any atom is 0.0397 e. The predicted molar refractivity (Wildman–Crippen MR) is 65.3 cm³/mol. The van der Waals surface area contributed by atoms with E-state index in [-0.39, 0.29) is 0 Å². The average Bonchev–Trinajstić information content (AvgIpc) is 2.14. The Bertz CT molecular complexity index is 286. The molecule has 0 aromatic carbocycles. The first kappa shape index (κ1) is 11.5. The second kappa shape index (κ2) is 5.35. The van der Waals surface area contributed by atoms with Crippen molar-refractivity contribution in [1.82, 2.24) is 4.98 Å². The first-order valence-electron chi connectivity index (χ1n) is 4.87. The molecule has 0 aliphatic rings. The monoisotopic (exact) mass is 256 g/mol. The summed E-state index contributed by atoms with van der Waals surface area (Å²) in [5, 5.41) is 0. The highest BCUT2D eigenvalue weighted by Crippen LogP contribution is 2.14. The van der Waals surface area contributed by atoms with Gasteiger partial charge in [0.25, 0.3) is 0 Å². The third kappa shape index (κ3) is 3.66. The Morgan fingerprint density at radius 3 is 2.86 bits per heavy atom. The van der Waals surface area contributed by atoms with Crippen molar-refractivity contribution >= 4 is 21.6 Å². The summed E-state index contributed by atoms with van der Waals surface area (Å²) in [5.74, 6) is 0. The SMILES string of the molecule is Cc1cc(N(C)CCC(C)Br)ccn1. The van der Waals surface area contributed by atoms with Crippen molar-refractivity contribution in [1.29, 1.82) is 0 Å². The molecule has 0 spiro atoms. The Morgan fingerprint density at radius 1 is 1.57 bits per heavy atom. The van der Waals surface area contributed by atoms with E-state index in [1.165, 1.54) is 5.69 Å². The molecular formula is C11H17BrN2. The Labute approximate surface area is 94.5 Å². The number of anilines is 1. The molecule has 0 saturated carbocycles. The highest BCUT2D eigenvalue weighted by Gasteiger charge is 2.02. The Hall–Kier alpha value is -0.570. The van der Waals surface area contributed by atoms with Crippen LogP contribution in [0.2, 0.25) is 0 Å². The normalized spacial score (nSPS) is 12.6. The number of hydrogen-bond acceptors (Lipinski definition) is 2. The molecule has 1 aromatic rings. The van der Waals surface area contributed by atoms with Crippen molar-refractivity contribution in [2.75, 3.05) is 18.5 Å². The van der Waals surface area contributed by atoms with Crippen molar-refractivity contribution in [3.63, 3.8) is 0 Å². The van der Waals surface area contributed by atoms with Gasteiger partial charge in [0.1, 0.15) is 0 Å². The lowest BCUT2D eigenvalue weighted by Crippen LogP contribution is -2.20. The van der Waals surface area contributed by atoms with Crippen LogP contribution in [-0.2, 0) is 0 Å². The lowest BCUT2D eigenvalue weighted by atomic mass is 10.2. The van der Waals surface area contributed by atoms with Gasteiger partial charge in [-0.3, -0.25) is 4.98 Å². The molecule has 1 aromatic heterocycles. The number of alkyl halides is 1. The van der Waals surface area contributed by atoms with Gasteiger partial charge in [0.15, 0.2) is 0 Å². The molecule has 1 unspecified atom stereocenters. The lowest BCUT2D eigenvalue weighted by Gasteiger charge is -2.20. The molecule has 0 bridgehead atoms.